The number of ether oxygens (including phenoxy) is 1. The zero-order chi connectivity index (χ0) is 17.9. The topological polar surface area (TPSA) is 76.4 Å². The van der Waals surface area contributed by atoms with E-state index in [1.54, 1.807) is 42.2 Å². The summed E-state index contributed by atoms with van der Waals surface area (Å²) in [7, 11) is 1.77. The van der Waals surface area contributed by atoms with E-state index in [0.29, 0.717) is 29.5 Å². The highest BCUT2D eigenvalue weighted by molar-refractivity contribution is 6.03. The maximum Gasteiger partial charge on any atom is 0.258 e. The lowest BCUT2D eigenvalue weighted by molar-refractivity contribution is -0.0424. The summed E-state index contributed by atoms with van der Waals surface area (Å²) in [4.78, 5) is 12.1. The molecule has 1 saturated carbocycles. The van der Waals surface area contributed by atoms with Gasteiger partial charge in [0, 0.05) is 18.9 Å². The van der Waals surface area contributed by atoms with Crippen LogP contribution in [-0.4, -0.2) is 33.0 Å². The lowest BCUT2D eigenvalue weighted by Gasteiger charge is -2.34. The van der Waals surface area contributed by atoms with Gasteiger partial charge in [-0.25, -0.2) is 0 Å². The lowest BCUT2D eigenvalue weighted by atomic mass is 9.80. The molecular formula is C19H25N3O3. The fourth-order valence-corrected chi connectivity index (χ4v) is 3.04. The van der Waals surface area contributed by atoms with Gasteiger partial charge in [0.15, 0.2) is 0 Å². The number of benzene rings is 1. The van der Waals surface area contributed by atoms with Crippen molar-refractivity contribution in [3.05, 3.63) is 42.2 Å². The predicted molar refractivity (Wildman–Crippen MR) is 95.7 cm³/mol. The molecule has 2 aromatic rings. The zero-order valence-electron chi connectivity index (χ0n) is 14.7. The first-order valence-corrected chi connectivity index (χ1v) is 8.69. The molecular weight excluding hydrogens is 318 g/mol. The minimum absolute atomic E-state index is 0.201. The fraction of sp³-hybridized carbons (Fsp3) is 0.474. The Hall–Kier alpha value is -2.34. The van der Waals surface area contributed by atoms with E-state index in [4.69, 9.17) is 4.74 Å². The van der Waals surface area contributed by atoms with E-state index in [2.05, 4.69) is 17.3 Å². The van der Waals surface area contributed by atoms with Gasteiger partial charge in [0.2, 0.25) is 0 Å². The fourth-order valence-electron chi connectivity index (χ4n) is 3.04. The number of hydrogen-bond acceptors (Lipinski definition) is 4. The van der Waals surface area contributed by atoms with Gasteiger partial charge >= 0.3 is 0 Å². The number of carbonyl (C=O) groups is 1. The van der Waals surface area contributed by atoms with Crippen LogP contribution >= 0.6 is 0 Å². The molecule has 1 amide bonds. The summed E-state index contributed by atoms with van der Waals surface area (Å²) in [5.74, 6) is 1.17. The molecule has 25 heavy (non-hydrogen) atoms. The number of amides is 1. The smallest absolute Gasteiger partial charge is 0.258 e. The summed E-state index contributed by atoms with van der Waals surface area (Å²) in [6.45, 7) is 2.53. The normalized spacial score (nSPS) is 23.2. The lowest BCUT2D eigenvalue weighted by Crippen LogP contribution is -2.39. The number of aromatic nitrogens is 2. The van der Waals surface area contributed by atoms with Crippen LogP contribution in [0.4, 0.5) is 5.69 Å². The Bertz CT molecular complexity index is 716. The Balaban J connectivity index is 1.53. The van der Waals surface area contributed by atoms with Gasteiger partial charge in [0.05, 0.1) is 17.4 Å². The van der Waals surface area contributed by atoms with Crippen LogP contribution in [0.15, 0.2) is 36.7 Å². The van der Waals surface area contributed by atoms with Crippen molar-refractivity contribution in [2.45, 2.75) is 38.2 Å². The van der Waals surface area contributed by atoms with Gasteiger partial charge in [-0.3, -0.25) is 9.48 Å². The average Bonchev–Trinajstić information content (AvgIpc) is 3.04. The summed E-state index contributed by atoms with van der Waals surface area (Å²) in [6.07, 6.45) is 6.84. The minimum atomic E-state index is -0.723. The largest absolute Gasteiger partial charge is 0.491 e. The molecule has 0 radical (unpaired) electrons. The Kier molecular flexibility index (Phi) is 5.08. The van der Waals surface area contributed by atoms with Crippen LogP contribution in [0.1, 0.15) is 43.0 Å². The summed E-state index contributed by atoms with van der Waals surface area (Å²) in [5, 5.41) is 17.4. The molecule has 0 spiro atoms. The van der Waals surface area contributed by atoms with E-state index < -0.39 is 5.60 Å². The van der Waals surface area contributed by atoms with Crippen LogP contribution in [0.3, 0.4) is 0 Å². The van der Waals surface area contributed by atoms with Gasteiger partial charge < -0.3 is 15.2 Å². The van der Waals surface area contributed by atoms with Gasteiger partial charge in [0.25, 0.3) is 5.91 Å². The van der Waals surface area contributed by atoms with Gasteiger partial charge in [-0.1, -0.05) is 6.92 Å². The molecule has 0 saturated heterocycles. The molecule has 0 atom stereocenters. The van der Waals surface area contributed by atoms with Crippen molar-refractivity contribution in [3.63, 3.8) is 0 Å². The van der Waals surface area contributed by atoms with Crippen LogP contribution in [0, 0.1) is 5.92 Å². The van der Waals surface area contributed by atoms with E-state index in [-0.39, 0.29) is 5.91 Å². The average molecular weight is 343 g/mol. The van der Waals surface area contributed by atoms with Crippen molar-refractivity contribution in [1.82, 2.24) is 9.78 Å². The molecule has 0 bridgehead atoms. The SMILES string of the molecule is CC1CCC(O)(COc2ccc(NC(=O)c3cnn(C)c3)cc2)CC1. The summed E-state index contributed by atoms with van der Waals surface area (Å²) in [6, 6.07) is 7.18. The van der Waals surface area contributed by atoms with E-state index in [1.807, 2.05) is 0 Å². The van der Waals surface area contributed by atoms with E-state index >= 15 is 0 Å². The van der Waals surface area contributed by atoms with Crippen molar-refractivity contribution in [1.29, 1.82) is 0 Å². The second-order valence-electron chi connectivity index (χ2n) is 7.08. The molecule has 0 aliphatic heterocycles. The number of nitrogens with one attached hydrogen (secondary N) is 1. The molecule has 134 valence electrons. The Labute approximate surface area is 147 Å². The van der Waals surface area contributed by atoms with E-state index in [0.717, 1.165) is 25.7 Å². The van der Waals surface area contributed by atoms with Crippen LogP contribution in [0.25, 0.3) is 0 Å². The summed E-state index contributed by atoms with van der Waals surface area (Å²) >= 11 is 0. The van der Waals surface area contributed by atoms with Crippen LogP contribution < -0.4 is 10.1 Å². The molecule has 0 unspecified atom stereocenters. The molecule has 1 fully saturated rings. The first-order chi connectivity index (χ1) is 11.9. The van der Waals surface area contributed by atoms with Crippen molar-refractivity contribution in [2.24, 2.45) is 13.0 Å². The van der Waals surface area contributed by atoms with E-state index in [1.165, 1.54) is 6.20 Å². The third-order valence-corrected chi connectivity index (χ3v) is 4.79. The maximum atomic E-state index is 12.1. The quantitative estimate of drug-likeness (QED) is 0.875. The van der Waals surface area contributed by atoms with Crippen molar-refractivity contribution in [2.75, 3.05) is 11.9 Å². The van der Waals surface area contributed by atoms with Gasteiger partial charge in [-0.15, -0.1) is 0 Å². The molecule has 6 heteroatoms. The van der Waals surface area contributed by atoms with Crippen molar-refractivity contribution >= 4 is 11.6 Å². The van der Waals surface area contributed by atoms with Gasteiger partial charge in [0.1, 0.15) is 12.4 Å². The second kappa shape index (κ2) is 7.27. The maximum absolute atomic E-state index is 12.1. The standard InChI is InChI=1S/C19H25N3O3/c1-14-7-9-19(24,10-8-14)13-25-17-5-3-16(4-6-17)21-18(23)15-11-20-22(2)12-15/h3-6,11-12,14,24H,7-10,13H2,1-2H3,(H,21,23). The van der Waals surface area contributed by atoms with Crippen LogP contribution in [0.2, 0.25) is 0 Å². The van der Waals surface area contributed by atoms with Crippen molar-refractivity contribution < 1.29 is 14.6 Å². The van der Waals surface area contributed by atoms with Crippen LogP contribution in [-0.2, 0) is 7.05 Å². The molecule has 1 aliphatic carbocycles. The van der Waals surface area contributed by atoms with E-state index in [9.17, 15) is 9.90 Å². The Morgan fingerprint density at radius 1 is 1.36 bits per heavy atom. The number of aliphatic hydroxyl groups is 1. The van der Waals surface area contributed by atoms with Crippen LogP contribution in [0.5, 0.6) is 5.75 Å². The minimum Gasteiger partial charge on any atom is -0.491 e. The van der Waals surface area contributed by atoms with Gasteiger partial charge in [-0.2, -0.15) is 5.10 Å². The molecule has 1 aromatic carbocycles. The molecule has 1 aromatic heterocycles. The number of hydrogen-bond donors (Lipinski definition) is 2. The predicted octanol–water partition coefficient (Wildman–Crippen LogP) is 2.99. The number of rotatable bonds is 5. The highest BCUT2D eigenvalue weighted by Crippen LogP contribution is 2.32. The Morgan fingerprint density at radius 3 is 2.64 bits per heavy atom. The third kappa shape index (κ3) is 4.60. The number of carbonyl (C=O) groups excluding carboxylic acids is 1. The highest BCUT2D eigenvalue weighted by Gasteiger charge is 2.32. The van der Waals surface area contributed by atoms with Gasteiger partial charge in [-0.05, 0) is 55.9 Å². The summed E-state index contributed by atoms with van der Waals surface area (Å²) < 4.78 is 7.34. The number of aryl methyl sites for hydroxylation is 1. The first kappa shape index (κ1) is 17.5. The number of anilines is 1. The highest BCUT2D eigenvalue weighted by atomic mass is 16.5. The molecule has 1 aliphatic rings. The molecule has 3 rings (SSSR count). The third-order valence-electron chi connectivity index (χ3n) is 4.79. The number of nitrogens with zero attached hydrogens (tertiary/aromatic N) is 2. The zero-order valence-corrected chi connectivity index (χ0v) is 14.7. The molecule has 2 N–H and O–H groups in total. The van der Waals surface area contributed by atoms with Crippen molar-refractivity contribution in [3.8, 4) is 5.75 Å². The molecule has 6 nitrogen and oxygen atoms in total. The monoisotopic (exact) mass is 343 g/mol. The molecule has 1 heterocycles. The first-order valence-electron chi connectivity index (χ1n) is 8.69. The Morgan fingerprint density at radius 2 is 2.04 bits per heavy atom. The second-order valence-corrected chi connectivity index (χ2v) is 7.08. The summed E-state index contributed by atoms with van der Waals surface area (Å²) in [5.41, 5.74) is 0.475.